The Bertz CT molecular complexity index is 1210. The summed E-state index contributed by atoms with van der Waals surface area (Å²) in [7, 11) is 0. The summed E-state index contributed by atoms with van der Waals surface area (Å²) in [6.45, 7) is 6.91. The quantitative estimate of drug-likeness (QED) is 0.481. The van der Waals surface area contributed by atoms with Crippen LogP contribution >= 0.6 is 0 Å². The third kappa shape index (κ3) is 4.97. The second-order valence-electron chi connectivity index (χ2n) is 11.8. The highest BCUT2D eigenvalue weighted by Gasteiger charge is 2.35. The molecule has 1 aromatic carbocycles. The molecular formula is C30H38N2O4. The molecule has 192 valence electrons. The van der Waals surface area contributed by atoms with Crippen molar-refractivity contribution in [2.75, 3.05) is 13.1 Å². The van der Waals surface area contributed by atoms with E-state index in [1.807, 2.05) is 10.8 Å². The number of benzene rings is 1. The van der Waals surface area contributed by atoms with E-state index in [1.54, 1.807) is 5.56 Å². The van der Waals surface area contributed by atoms with Crippen molar-refractivity contribution in [1.29, 1.82) is 0 Å². The molecule has 3 saturated carbocycles. The van der Waals surface area contributed by atoms with Crippen molar-refractivity contribution in [2.45, 2.75) is 102 Å². The van der Waals surface area contributed by atoms with Gasteiger partial charge in [0, 0.05) is 43.5 Å². The topological polar surface area (TPSA) is 71.8 Å². The highest BCUT2D eigenvalue weighted by atomic mass is 16.5. The second kappa shape index (κ2) is 9.37. The molecule has 1 saturated heterocycles. The minimum atomic E-state index is -0.992. The molecule has 2 heterocycles. The lowest BCUT2D eigenvalue weighted by Crippen LogP contribution is -2.37. The van der Waals surface area contributed by atoms with Crippen molar-refractivity contribution in [1.82, 2.24) is 9.47 Å². The van der Waals surface area contributed by atoms with Crippen LogP contribution in [0.25, 0.3) is 0 Å². The largest absolute Gasteiger partial charge is 0.491 e. The van der Waals surface area contributed by atoms with Crippen LogP contribution in [0.3, 0.4) is 0 Å². The van der Waals surface area contributed by atoms with Crippen LogP contribution in [0.2, 0.25) is 0 Å². The molecule has 4 fully saturated rings. The first-order valence-electron chi connectivity index (χ1n) is 13.9. The minimum Gasteiger partial charge on any atom is -0.491 e. The van der Waals surface area contributed by atoms with Gasteiger partial charge in [0.15, 0.2) is 0 Å². The molecule has 0 spiro atoms. The predicted molar refractivity (Wildman–Crippen MR) is 139 cm³/mol. The molecule has 1 aromatic heterocycles. The van der Waals surface area contributed by atoms with E-state index in [1.165, 1.54) is 42.9 Å². The Kier molecular flexibility index (Phi) is 6.19. The van der Waals surface area contributed by atoms with E-state index in [4.69, 9.17) is 4.74 Å². The van der Waals surface area contributed by atoms with Gasteiger partial charge in [-0.3, -0.25) is 9.69 Å². The van der Waals surface area contributed by atoms with Gasteiger partial charge in [0.2, 0.25) is 0 Å². The normalized spacial score (nSPS) is 21.2. The zero-order valence-corrected chi connectivity index (χ0v) is 21.5. The summed E-state index contributed by atoms with van der Waals surface area (Å²) in [5.41, 5.74) is 5.24. The van der Waals surface area contributed by atoms with Gasteiger partial charge in [0.25, 0.3) is 5.56 Å². The maximum atomic E-state index is 12.8. The number of likely N-dealkylation sites (tertiary alicyclic amines) is 1. The number of carboxylic acid groups (broad SMARTS) is 1. The monoisotopic (exact) mass is 490 g/mol. The van der Waals surface area contributed by atoms with Gasteiger partial charge >= 0.3 is 5.97 Å². The van der Waals surface area contributed by atoms with Crippen LogP contribution < -0.4 is 10.3 Å². The van der Waals surface area contributed by atoms with Crippen LogP contribution in [-0.2, 0) is 6.54 Å². The number of aromatic carboxylic acids is 1. The summed E-state index contributed by atoms with van der Waals surface area (Å²) < 4.78 is 8.14. The Morgan fingerprint density at radius 2 is 1.50 bits per heavy atom. The van der Waals surface area contributed by atoms with E-state index in [9.17, 15) is 14.7 Å². The molecule has 6 rings (SSSR count). The summed E-state index contributed by atoms with van der Waals surface area (Å²) in [5, 5.41) is 9.56. The summed E-state index contributed by atoms with van der Waals surface area (Å²) in [5.74, 6) is 1.81. The highest BCUT2D eigenvalue weighted by Crippen LogP contribution is 2.51. The molecule has 0 unspecified atom stereocenters. The fraction of sp³-hybridized carbons (Fsp3) is 0.600. The Morgan fingerprint density at radius 3 is 2.06 bits per heavy atom. The molecule has 2 aromatic rings. The van der Waals surface area contributed by atoms with E-state index in [0.717, 1.165) is 68.5 Å². The van der Waals surface area contributed by atoms with Gasteiger partial charge in [0.1, 0.15) is 5.75 Å². The number of pyridine rings is 1. The summed E-state index contributed by atoms with van der Waals surface area (Å²) in [6, 6.07) is 6.28. The second-order valence-corrected chi connectivity index (χ2v) is 11.8. The smallest absolute Gasteiger partial charge is 0.336 e. The molecule has 0 atom stereocenters. The number of hydrogen-bond acceptors (Lipinski definition) is 4. The van der Waals surface area contributed by atoms with Crippen LogP contribution in [-0.4, -0.2) is 39.7 Å². The Labute approximate surface area is 213 Å². The van der Waals surface area contributed by atoms with Crippen LogP contribution in [0.4, 0.5) is 0 Å². The van der Waals surface area contributed by atoms with E-state index in [0.29, 0.717) is 5.92 Å². The summed E-state index contributed by atoms with van der Waals surface area (Å²) in [6.07, 6.45) is 11.1. The molecule has 0 radical (unpaired) electrons. The van der Waals surface area contributed by atoms with Crippen molar-refractivity contribution in [3.05, 3.63) is 62.6 Å². The lowest BCUT2D eigenvalue weighted by atomic mass is 9.95. The molecular weight excluding hydrogens is 452 g/mol. The third-order valence-electron chi connectivity index (χ3n) is 8.37. The van der Waals surface area contributed by atoms with E-state index >= 15 is 0 Å². The van der Waals surface area contributed by atoms with E-state index < -0.39 is 5.97 Å². The summed E-state index contributed by atoms with van der Waals surface area (Å²) >= 11 is 0. The van der Waals surface area contributed by atoms with Crippen molar-refractivity contribution >= 4 is 5.97 Å². The average Bonchev–Trinajstić information content (AvgIpc) is 3.70. The zero-order valence-electron chi connectivity index (χ0n) is 21.5. The van der Waals surface area contributed by atoms with Crippen LogP contribution in [0.5, 0.6) is 5.75 Å². The lowest BCUT2D eigenvalue weighted by Gasteiger charge is -2.34. The van der Waals surface area contributed by atoms with Gasteiger partial charge < -0.3 is 14.4 Å². The van der Waals surface area contributed by atoms with Crippen molar-refractivity contribution < 1.29 is 14.6 Å². The van der Waals surface area contributed by atoms with Crippen molar-refractivity contribution in [3.8, 4) is 5.75 Å². The molecule has 6 nitrogen and oxygen atoms in total. The Balaban J connectivity index is 1.19. The molecule has 4 aliphatic rings. The fourth-order valence-electron chi connectivity index (χ4n) is 5.99. The van der Waals surface area contributed by atoms with Gasteiger partial charge in [-0.25, -0.2) is 4.79 Å². The predicted octanol–water partition coefficient (Wildman–Crippen LogP) is 5.80. The molecule has 0 bridgehead atoms. The SMILES string of the molecule is CC(C)Oc1cc(C2CC2)c(C2CC2)cc1CN1CCC(n2cc(C3CC3)c(C(=O)O)cc2=O)CC1. The van der Waals surface area contributed by atoms with E-state index in [-0.39, 0.29) is 23.3 Å². The number of aromatic nitrogens is 1. The number of piperidine rings is 1. The van der Waals surface area contributed by atoms with Crippen LogP contribution in [0, 0.1) is 0 Å². The van der Waals surface area contributed by atoms with Gasteiger partial charge in [0.05, 0.1) is 11.7 Å². The Hall–Kier alpha value is -2.60. The lowest BCUT2D eigenvalue weighted by molar-refractivity contribution is 0.0695. The molecule has 6 heteroatoms. The average molecular weight is 491 g/mol. The number of rotatable bonds is 9. The maximum absolute atomic E-state index is 12.8. The first-order chi connectivity index (χ1) is 17.4. The minimum absolute atomic E-state index is 0.125. The maximum Gasteiger partial charge on any atom is 0.336 e. The number of carbonyl (C=O) groups is 1. The number of carboxylic acids is 1. The first-order valence-corrected chi connectivity index (χ1v) is 13.9. The van der Waals surface area contributed by atoms with Gasteiger partial charge in [-0.2, -0.15) is 0 Å². The third-order valence-corrected chi connectivity index (χ3v) is 8.37. The molecule has 1 N–H and O–H groups in total. The van der Waals surface area contributed by atoms with Crippen molar-refractivity contribution in [3.63, 3.8) is 0 Å². The molecule has 1 aliphatic heterocycles. The van der Waals surface area contributed by atoms with E-state index in [2.05, 4.69) is 30.9 Å². The van der Waals surface area contributed by atoms with Crippen LogP contribution in [0.1, 0.15) is 122 Å². The Morgan fingerprint density at radius 1 is 0.917 bits per heavy atom. The molecule has 36 heavy (non-hydrogen) atoms. The van der Waals surface area contributed by atoms with Crippen LogP contribution in [0.15, 0.2) is 29.2 Å². The zero-order chi connectivity index (χ0) is 25.0. The molecule has 3 aliphatic carbocycles. The first kappa shape index (κ1) is 23.8. The number of ether oxygens (including phenoxy) is 1. The van der Waals surface area contributed by atoms with Gasteiger partial charge in [-0.1, -0.05) is 6.07 Å². The standard InChI is InChI=1S/C30H38N2O4/c1-18(2)36-28-14-25(20-5-6-20)24(19-3-4-19)13-22(28)16-31-11-9-23(10-12-31)32-17-27(21-7-8-21)26(30(34)35)15-29(32)33/h13-15,17-21,23H,3-12,16H2,1-2H3,(H,34,35). The van der Waals surface area contributed by atoms with Crippen molar-refractivity contribution in [2.24, 2.45) is 0 Å². The van der Waals surface area contributed by atoms with Gasteiger partial charge in [-0.05, 0) is 106 Å². The molecule has 0 amide bonds. The number of nitrogens with zero attached hydrogens (tertiary/aromatic N) is 2. The fourth-order valence-corrected chi connectivity index (χ4v) is 5.99. The highest BCUT2D eigenvalue weighted by molar-refractivity contribution is 5.89. The summed E-state index contributed by atoms with van der Waals surface area (Å²) in [4.78, 5) is 27.0. The van der Waals surface area contributed by atoms with Gasteiger partial charge in [-0.15, -0.1) is 0 Å². The number of hydrogen-bond donors (Lipinski definition) is 1.